The smallest absolute Gasteiger partial charge is 0.475 e. The number of carbonyl (C=O) groups is 2. The Labute approximate surface area is 276 Å². The Morgan fingerprint density at radius 2 is 1.96 bits per heavy atom. The van der Waals surface area contributed by atoms with Crippen molar-refractivity contribution in [3.8, 4) is 0 Å². The first-order chi connectivity index (χ1) is 22.3. The van der Waals surface area contributed by atoms with Crippen LogP contribution in [0.2, 0.25) is 5.02 Å². The molecule has 1 aromatic carbocycles. The number of carboxylic acid groups (broad SMARTS) is 1. The lowest BCUT2D eigenvalue weighted by Crippen LogP contribution is -2.50. The third kappa shape index (κ3) is 8.44. The zero-order valence-corrected chi connectivity index (χ0v) is 27.4. The predicted octanol–water partition coefficient (Wildman–Crippen LogP) is 4.15. The number of benzene rings is 1. The van der Waals surface area contributed by atoms with Gasteiger partial charge in [-0.2, -0.15) is 13.2 Å². The molecule has 2 aliphatic heterocycles. The number of anilines is 1. The molecule has 2 aliphatic rings. The van der Waals surface area contributed by atoms with E-state index in [1.54, 1.807) is 54.9 Å². The van der Waals surface area contributed by atoms with E-state index in [1.807, 2.05) is 0 Å². The van der Waals surface area contributed by atoms with Crippen molar-refractivity contribution in [1.29, 1.82) is 0 Å². The Morgan fingerprint density at radius 1 is 1.27 bits per heavy atom. The summed E-state index contributed by atoms with van der Waals surface area (Å²) in [7, 11) is -4.08. The van der Waals surface area contributed by atoms with Crippen LogP contribution >= 0.6 is 19.4 Å². The van der Waals surface area contributed by atoms with Crippen molar-refractivity contribution in [2.45, 2.75) is 69.6 Å². The number of hydrogen-bond acceptors (Lipinski definition) is 13. The van der Waals surface area contributed by atoms with Gasteiger partial charge in [0.1, 0.15) is 35.5 Å². The number of phosphoric ester groups is 1. The molecule has 48 heavy (non-hydrogen) atoms. The number of aliphatic carboxylic acids is 1. The van der Waals surface area contributed by atoms with E-state index in [2.05, 4.69) is 9.97 Å². The minimum absolute atomic E-state index is 0.110. The van der Waals surface area contributed by atoms with E-state index in [0.717, 1.165) is 5.56 Å². The van der Waals surface area contributed by atoms with Crippen LogP contribution < -0.4 is 11.5 Å². The van der Waals surface area contributed by atoms with Crippen LogP contribution in [0, 0.1) is 5.92 Å². The number of fused-ring (bicyclic) bond motifs is 1. The molecule has 2 aromatic heterocycles. The summed E-state index contributed by atoms with van der Waals surface area (Å²) < 4.78 is 75.6. The number of hydrogen-bond donors (Lipinski definition) is 4. The number of carboxylic acids is 1. The lowest BCUT2D eigenvalue weighted by molar-refractivity contribution is -0.192. The number of aliphatic hydroxyl groups is 1. The van der Waals surface area contributed by atoms with Crippen molar-refractivity contribution < 1.29 is 60.6 Å². The summed E-state index contributed by atoms with van der Waals surface area (Å²) in [4.78, 5) is 30.1. The zero-order chi connectivity index (χ0) is 35.6. The van der Waals surface area contributed by atoms with E-state index in [-0.39, 0.29) is 18.3 Å². The Morgan fingerprint density at radius 3 is 2.58 bits per heavy atom. The average Bonchev–Trinajstić information content (AvgIpc) is 3.54. The monoisotopic (exact) mass is 723 g/mol. The van der Waals surface area contributed by atoms with Crippen LogP contribution in [0.15, 0.2) is 42.9 Å². The molecule has 264 valence electrons. The van der Waals surface area contributed by atoms with Crippen molar-refractivity contribution in [2.24, 2.45) is 11.7 Å². The SMILES string of the molecule is CC(C)[C@H](N)C(=O)O[C@@H]1[C@@H](CO[P@@]2(=O)OCC[C@@H](c3cccc(Cl)c3)O2)O[C@@H](n2ccc3c(N)ncnc32)[C@]1(C)O.O=C(O)C(F)(F)F. The van der Waals surface area contributed by atoms with Crippen LogP contribution in [0.5, 0.6) is 0 Å². The molecule has 2 saturated heterocycles. The summed E-state index contributed by atoms with van der Waals surface area (Å²) in [5, 5.41) is 19.9. The number of carbonyl (C=O) groups excluding carboxylic acids is 1. The molecular weight excluding hydrogens is 690 g/mol. The molecule has 6 N–H and O–H groups in total. The lowest BCUT2D eigenvalue weighted by Gasteiger charge is -2.32. The van der Waals surface area contributed by atoms with Crippen LogP contribution in [0.4, 0.5) is 19.0 Å². The van der Waals surface area contributed by atoms with Gasteiger partial charge in [-0.3, -0.25) is 18.4 Å². The topological polar surface area (TPSA) is 221 Å². The van der Waals surface area contributed by atoms with Gasteiger partial charge in [-0.1, -0.05) is 37.6 Å². The Hall–Kier alpha value is -3.35. The third-order valence-corrected chi connectivity index (χ3v) is 9.20. The van der Waals surface area contributed by atoms with Gasteiger partial charge in [0.05, 0.1) is 24.7 Å². The molecule has 0 spiro atoms. The highest BCUT2D eigenvalue weighted by atomic mass is 35.5. The van der Waals surface area contributed by atoms with Gasteiger partial charge in [0.2, 0.25) is 0 Å². The van der Waals surface area contributed by atoms with Gasteiger partial charge < -0.3 is 35.7 Å². The molecule has 0 amide bonds. The molecule has 0 unspecified atom stereocenters. The number of halogens is 4. The number of aromatic nitrogens is 3. The Kier molecular flexibility index (Phi) is 11.4. The van der Waals surface area contributed by atoms with E-state index in [1.165, 1.54) is 13.3 Å². The summed E-state index contributed by atoms with van der Waals surface area (Å²) in [5.74, 6) is -3.47. The molecule has 0 bridgehead atoms. The maximum atomic E-state index is 13.5. The van der Waals surface area contributed by atoms with Crippen LogP contribution in [0.25, 0.3) is 11.0 Å². The minimum Gasteiger partial charge on any atom is -0.475 e. The maximum Gasteiger partial charge on any atom is 0.490 e. The van der Waals surface area contributed by atoms with Gasteiger partial charge in [0.25, 0.3) is 0 Å². The number of nitrogen functional groups attached to an aromatic ring is 1. The molecule has 15 nitrogen and oxygen atoms in total. The number of ether oxygens (including phenoxy) is 2. The summed E-state index contributed by atoms with van der Waals surface area (Å²) in [6.45, 7) is 4.70. The van der Waals surface area contributed by atoms with Crippen molar-refractivity contribution in [1.82, 2.24) is 14.5 Å². The normalized spacial score (nSPS) is 28.1. The maximum absolute atomic E-state index is 13.5. The lowest BCUT2D eigenvalue weighted by atomic mass is 9.95. The highest BCUT2D eigenvalue weighted by molar-refractivity contribution is 7.48. The second-order valence-corrected chi connectivity index (χ2v) is 13.5. The van der Waals surface area contributed by atoms with Crippen molar-refractivity contribution >= 4 is 48.2 Å². The summed E-state index contributed by atoms with van der Waals surface area (Å²) in [6.07, 6.45) is -5.80. The van der Waals surface area contributed by atoms with Gasteiger partial charge in [-0.25, -0.2) is 19.3 Å². The second kappa shape index (κ2) is 14.6. The first-order valence-electron chi connectivity index (χ1n) is 14.4. The summed E-state index contributed by atoms with van der Waals surface area (Å²) in [5.41, 5.74) is 11.3. The number of nitrogens with two attached hydrogens (primary N) is 2. The molecule has 2 fully saturated rings. The van der Waals surface area contributed by atoms with E-state index in [9.17, 15) is 27.6 Å². The van der Waals surface area contributed by atoms with E-state index in [0.29, 0.717) is 22.5 Å². The Bertz CT molecular complexity index is 1680. The van der Waals surface area contributed by atoms with Gasteiger partial charge in [0, 0.05) is 17.6 Å². The first kappa shape index (κ1) is 37.5. The number of nitrogens with zero attached hydrogens (tertiary/aromatic N) is 3. The third-order valence-electron chi connectivity index (χ3n) is 7.49. The van der Waals surface area contributed by atoms with Gasteiger partial charge in [-0.05, 0) is 36.6 Å². The Balaban J connectivity index is 0.000000671. The fraction of sp³-hybridized carbons (Fsp3) is 0.500. The van der Waals surface area contributed by atoms with E-state index >= 15 is 0 Å². The quantitative estimate of drug-likeness (QED) is 0.190. The van der Waals surface area contributed by atoms with E-state index in [4.69, 9.17) is 56.0 Å². The van der Waals surface area contributed by atoms with Crippen molar-refractivity contribution in [2.75, 3.05) is 18.9 Å². The van der Waals surface area contributed by atoms with E-state index < -0.39 is 68.7 Å². The average molecular weight is 724 g/mol. The van der Waals surface area contributed by atoms with Crippen molar-refractivity contribution in [3.05, 3.63) is 53.4 Å². The van der Waals surface area contributed by atoms with Crippen molar-refractivity contribution in [3.63, 3.8) is 0 Å². The molecule has 5 rings (SSSR count). The molecule has 4 heterocycles. The highest BCUT2D eigenvalue weighted by Gasteiger charge is 2.57. The molecule has 3 aromatic rings. The number of phosphoric acid groups is 1. The molecule has 7 atom stereocenters. The highest BCUT2D eigenvalue weighted by Crippen LogP contribution is 2.57. The number of rotatable bonds is 8. The minimum atomic E-state index is -5.08. The number of alkyl halides is 3. The zero-order valence-electron chi connectivity index (χ0n) is 25.7. The van der Waals surface area contributed by atoms with Crippen LogP contribution in [0.1, 0.15) is 45.1 Å². The standard InChI is InChI=1S/C26H33ClN5O8P.C2HF3O2/c1-14(2)20(28)24(33)39-21-19(12-37-41(35)36-10-8-18(40-41)15-5-4-6-16(27)11-15)38-25(26(21,3)34)32-9-7-17-22(29)30-13-31-23(17)32;3-2(4,5)1(6)7/h4-7,9,11,13-14,18-21,25,34H,8,10,12,28H2,1-3H3,(H2,29,30,31);(H,6,7)/t18-,19+,20-,21+,25+,26+,41+;/m0./s1. The molecule has 0 aliphatic carbocycles. The fourth-order valence-corrected chi connectivity index (χ4v) is 6.49. The predicted molar refractivity (Wildman–Crippen MR) is 162 cm³/mol. The van der Waals surface area contributed by atoms with Crippen LogP contribution in [0.3, 0.4) is 0 Å². The summed E-state index contributed by atoms with van der Waals surface area (Å²) >= 11 is 6.11. The van der Waals surface area contributed by atoms with Gasteiger partial charge in [0.15, 0.2) is 12.3 Å². The van der Waals surface area contributed by atoms with Gasteiger partial charge in [-0.15, -0.1) is 0 Å². The molecule has 0 radical (unpaired) electrons. The van der Waals surface area contributed by atoms with Crippen LogP contribution in [-0.4, -0.2) is 79.9 Å². The fourth-order valence-electron chi connectivity index (χ4n) is 4.89. The first-order valence-corrected chi connectivity index (χ1v) is 16.2. The van der Waals surface area contributed by atoms with Crippen LogP contribution in [-0.2, 0) is 37.2 Å². The summed E-state index contributed by atoms with van der Waals surface area (Å²) in [6, 6.07) is 7.74. The largest absolute Gasteiger partial charge is 0.490 e. The molecular formula is C28H34ClF3N5O10P. The second-order valence-electron chi connectivity index (χ2n) is 11.4. The van der Waals surface area contributed by atoms with Gasteiger partial charge >= 0.3 is 25.9 Å². The molecule has 0 saturated carbocycles. The molecule has 20 heteroatoms. The number of esters is 1.